The van der Waals surface area contributed by atoms with Gasteiger partial charge in [0.1, 0.15) is 5.82 Å². The molecule has 0 heterocycles. The molecule has 1 amide bonds. The van der Waals surface area contributed by atoms with Crippen molar-refractivity contribution < 1.29 is 9.18 Å². The highest BCUT2D eigenvalue weighted by atomic mass is 79.9. The molecule has 2 nitrogen and oxygen atoms in total. The summed E-state index contributed by atoms with van der Waals surface area (Å²) in [6.07, 6.45) is 4.40. The van der Waals surface area contributed by atoms with Gasteiger partial charge < -0.3 is 4.90 Å². The topological polar surface area (TPSA) is 20.3 Å². The van der Waals surface area contributed by atoms with Gasteiger partial charge in [0.25, 0.3) is 5.91 Å². The van der Waals surface area contributed by atoms with E-state index < -0.39 is 5.82 Å². The van der Waals surface area contributed by atoms with Crippen LogP contribution in [0.4, 0.5) is 4.39 Å². The highest BCUT2D eigenvalue weighted by molar-refractivity contribution is 9.10. The van der Waals surface area contributed by atoms with E-state index in [0.29, 0.717) is 11.0 Å². The summed E-state index contributed by atoms with van der Waals surface area (Å²) in [4.78, 5) is 14.2. The SMILES string of the molecule is CCN(C(=O)c1cccc(Br)c1F)C1CCCC1. The predicted molar refractivity (Wildman–Crippen MR) is 73.1 cm³/mol. The van der Waals surface area contributed by atoms with Crippen LogP contribution in [-0.2, 0) is 0 Å². The standard InChI is InChI=1S/C14H17BrFNO/c1-2-17(10-6-3-4-7-10)14(18)11-8-5-9-12(15)13(11)16/h5,8-10H,2-4,6-7H2,1H3. The van der Waals surface area contributed by atoms with Crippen LogP contribution in [0, 0.1) is 5.82 Å². The first-order valence-corrected chi connectivity index (χ1v) is 7.19. The molecule has 1 saturated carbocycles. The number of hydrogen-bond acceptors (Lipinski definition) is 1. The Balaban J connectivity index is 2.25. The summed E-state index contributed by atoms with van der Waals surface area (Å²) in [5.41, 5.74) is 0.165. The molecule has 1 aliphatic rings. The van der Waals surface area contributed by atoms with Crippen LogP contribution in [0.2, 0.25) is 0 Å². The fourth-order valence-corrected chi connectivity index (χ4v) is 2.97. The molecule has 0 bridgehead atoms. The van der Waals surface area contributed by atoms with E-state index in [0.717, 1.165) is 25.7 Å². The van der Waals surface area contributed by atoms with Crippen molar-refractivity contribution >= 4 is 21.8 Å². The second-order valence-corrected chi connectivity index (χ2v) is 5.49. The molecule has 0 radical (unpaired) electrons. The molecule has 1 fully saturated rings. The Morgan fingerprint density at radius 1 is 1.44 bits per heavy atom. The quantitative estimate of drug-likeness (QED) is 0.826. The molecule has 0 aliphatic heterocycles. The van der Waals surface area contributed by atoms with E-state index in [4.69, 9.17) is 0 Å². The van der Waals surface area contributed by atoms with Crippen molar-refractivity contribution in [3.8, 4) is 0 Å². The first kappa shape index (κ1) is 13.5. The van der Waals surface area contributed by atoms with Gasteiger partial charge in [-0.2, -0.15) is 0 Å². The number of nitrogens with zero attached hydrogens (tertiary/aromatic N) is 1. The summed E-state index contributed by atoms with van der Waals surface area (Å²) in [7, 11) is 0. The third-order valence-electron chi connectivity index (χ3n) is 3.55. The first-order chi connectivity index (χ1) is 8.65. The van der Waals surface area contributed by atoms with Crippen LogP contribution in [0.15, 0.2) is 22.7 Å². The lowest BCUT2D eigenvalue weighted by molar-refractivity contribution is 0.0688. The average molecular weight is 314 g/mol. The van der Waals surface area contributed by atoms with Gasteiger partial charge in [0, 0.05) is 12.6 Å². The van der Waals surface area contributed by atoms with Gasteiger partial charge in [-0.25, -0.2) is 4.39 Å². The van der Waals surface area contributed by atoms with Crippen LogP contribution in [0.5, 0.6) is 0 Å². The Hall–Kier alpha value is -0.900. The molecule has 1 aliphatic carbocycles. The number of amides is 1. The van der Waals surface area contributed by atoms with E-state index >= 15 is 0 Å². The van der Waals surface area contributed by atoms with Crippen molar-refractivity contribution in [1.82, 2.24) is 4.90 Å². The zero-order valence-electron chi connectivity index (χ0n) is 10.5. The Morgan fingerprint density at radius 2 is 2.11 bits per heavy atom. The van der Waals surface area contributed by atoms with Crippen molar-refractivity contribution in [2.75, 3.05) is 6.54 Å². The summed E-state index contributed by atoms with van der Waals surface area (Å²) in [5, 5.41) is 0. The average Bonchev–Trinajstić information content (AvgIpc) is 2.87. The maximum atomic E-state index is 13.9. The van der Waals surface area contributed by atoms with Gasteiger partial charge in [0.15, 0.2) is 0 Å². The summed E-state index contributed by atoms with van der Waals surface area (Å²) < 4.78 is 14.3. The highest BCUT2D eigenvalue weighted by Gasteiger charge is 2.27. The molecule has 1 aromatic rings. The van der Waals surface area contributed by atoms with E-state index in [-0.39, 0.29) is 17.5 Å². The first-order valence-electron chi connectivity index (χ1n) is 6.40. The van der Waals surface area contributed by atoms with Gasteiger partial charge >= 0.3 is 0 Å². The predicted octanol–water partition coefficient (Wildman–Crippen LogP) is 3.99. The highest BCUT2D eigenvalue weighted by Crippen LogP contribution is 2.26. The van der Waals surface area contributed by atoms with Crippen molar-refractivity contribution in [2.45, 2.75) is 38.6 Å². The monoisotopic (exact) mass is 313 g/mol. The molecule has 0 unspecified atom stereocenters. The van der Waals surface area contributed by atoms with Crippen LogP contribution in [0.3, 0.4) is 0 Å². The minimum Gasteiger partial charge on any atom is -0.336 e. The molecular weight excluding hydrogens is 297 g/mol. The third kappa shape index (κ3) is 2.58. The number of rotatable bonds is 3. The smallest absolute Gasteiger partial charge is 0.257 e. The Bertz CT molecular complexity index is 443. The number of halogens is 2. The molecule has 98 valence electrons. The molecule has 4 heteroatoms. The summed E-state index contributed by atoms with van der Waals surface area (Å²) >= 11 is 3.12. The fourth-order valence-electron chi connectivity index (χ4n) is 2.61. The van der Waals surface area contributed by atoms with E-state index in [1.165, 1.54) is 0 Å². The normalized spacial score (nSPS) is 15.9. The van der Waals surface area contributed by atoms with E-state index in [9.17, 15) is 9.18 Å². The van der Waals surface area contributed by atoms with Crippen LogP contribution in [-0.4, -0.2) is 23.4 Å². The minimum absolute atomic E-state index is 0.165. The molecule has 0 spiro atoms. The van der Waals surface area contributed by atoms with Crippen molar-refractivity contribution in [1.29, 1.82) is 0 Å². The number of carbonyl (C=O) groups excluding carboxylic acids is 1. The second kappa shape index (κ2) is 5.83. The van der Waals surface area contributed by atoms with Crippen molar-refractivity contribution in [3.05, 3.63) is 34.1 Å². The lowest BCUT2D eigenvalue weighted by atomic mass is 10.1. The van der Waals surface area contributed by atoms with Crippen LogP contribution in [0.1, 0.15) is 43.0 Å². The number of hydrogen-bond donors (Lipinski definition) is 0. The van der Waals surface area contributed by atoms with E-state index in [1.54, 1.807) is 23.1 Å². The summed E-state index contributed by atoms with van der Waals surface area (Å²) in [6, 6.07) is 5.14. The van der Waals surface area contributed by atoms with Crippen molar-refractivity contribution in [2.24, 2.45) is 0 Å². The van der Waals surface area contributed by atoms with E-state index in [1.807, 2.05) is 6.92 Å². The van der Waals surface area contributed by atoms with Crippen molar-refractivity contribution in [3.63, 3.8) is 0 Å². The van der Waals surface area contributed by atoms with Crippen LogP contribution >= 0.6 is 15.9 Å². The Morgan fingerprint density at radius 3 is 2.72 bits per heavy atom. The lowest BCUT2D eigenvalue weighted by Crippen LogP contribution is -2.39. The maximum Gasteiger partial charge on any atom is 0.257 e. The largest absolute Gasteiger partial charge is 0.336 e. The van der Waals surface area contributed by atoms with Gasteiger partial charge in [0.2, 0.25) is 0 Å². The Kier molecular flexibility index (Phi) is 4.38. The molecule has 0 atom stereocenters. The van der Waals surface area contributed by atoms with Crippen LogP contribution < -0.4 is 0 Å². The zero-order chi connectivity index (χ0) is 13.1. The zero-order valence-corrected chi connectivity index (χ0v) is 12.0. The van der Waals surface area contributed by atoms with Gasteiger partial charge in [-0.05, 0) is 47.8 Å². The molecule has 1 aromatic carbocycles. The third-order valence-corrected chi connectivity index (χ3v) is 4.16. The molecule has 0 saturated heterocycles. The molecular formula is C14H17BrFNO. The minimum atomic E-state index is -0.459. The molecule has 2 rings (SSSR count). The summed E-state index contributed by atoms with van der Waals surface area (Å²) in [6.45, 7) is 2.58. The summed E-state index contributed by atoms with van der Waals surface area (Å²) in [5.74, 6) is -0.651. The van der Waals surface area contributed by atoms with Gasteiger partial charge in [-0.3, -0.25) is 4.79 Å². The molecule has 18 heavy (non-hydrogen) atoms. The van der Waals surface area contributed by atoms with Gasteiger partial charge in [0.05, 0.1) is 10.0 Å². The molecule has 0 aromatic heterocycles. The van der Waals surface area contributed by atoms with Gasteiger partial charge in [-0.15, -0.1) is 0 Å². The second-order valence-electron chi connectivity index (χ2n) is 4.63. The lowest BCUT2D eigenvalue weighted by Gasteiger charge is -2.28. The van der Waals surface area contributed by atoms with E-state index in [2.05, 4.69) is 15.9 Å². The van der Waals surface area contributed by atoms with Gasteiger partial charge in [-0.1, -0.05) is 18.9 Å². The Labute approximate surface area is 115 Å². The number of benzene rings is 1. The fraction of sp³-hybridized carbons (Fsp3) is 0.500. The van der Waals surface area contributed by atoms with Crippen LogP contribution in [0.25, 0.3) is 0 Å². The maximum absolute atomic E-state index is 13.9. The number of carbonyl (C=O) groups is 1. The molecule has 0 N–H and O–H groups in total.